The van der Waals surface area contributed by atoms with Crippen molar-refractivity contribution in [2.24, 2.45) is 5.92 Å². The Labute approximate surface area is 105 Å². The Morgan fingerprint density at radius 2 is 2.29 bits per heavy atom. The topological polar surface area (TPSA) is 29.9 Å². The van der Waals surface area contributed by atoms with Crippen LogP contribution in [0.15, 0.2) is 12.4 Å². The summed E-state index contributed by atoms with van der Waals surface area (Å²) in [6.45, 7) is 6.52. The van der Waals surface area contributed by atoms with E-state index in [1.807, 2.05) is 10.9 Å². The lowest BCUT2D eigenvalue weighted by molar-refractivity contribution is 0.484. The van der Waals surface area contributed by atoms with Gasteiger partial charge in [0.25, 0.3) is 0 Å². The van der Waals surface area contributed by atoms with Gasteiger partial charge in [0.2, 0.25) is 0 Å². The zero-order valence-corrected chi connectivity index (χ0v) is 11.2. The summed E-state index contributed by atoms with van der Waals surface area (Å²) in [6, 6.07) is 0.765. The van der Waals surface area contributed by atoms with Gasteiger partial charge in [-0.3, -0.25) is 4.68 Å². The van der Waals surface area contributed by atoms with Gasteiger partial charge in [-0.2, -0.15) is 5.10 Å². The lowest BCUT2D eigenvalue weighted by atomic mass is 10.00. The molecule has 1 N–H and O–H groups in total. The molecule has 2 atom stereocenters. The van der Waals surface area contributed by atoms with Crippen LogP contribution >= 0.6 is 0 Å². The maximum absolute atomic E-state index is 4.35. The monoisotopic (exact) mass is 235 g/mol. The molecule has 0 aliphatic heterocycles. The van der Waals surface area contributed by atoms with E-state index in [0.29, 0.717) is 0 Å². The van der Waals surface area contributed by atoms with Gasteiger partial charge in [0.05, 0.1) is 6.20 Å². The summed E-state index contributed by atoms with van der Waals surface area (Å²) >= 11 is 0. The number of rotatable bonds is 6. The van der Waals surface area contributed by atoms with Gasteiger partial charge in [0, 0.05) is 18.8 Å². The Hall–Kier alpha value is -0.830. The standard InChI is InChI=1S/C14H25N3/c1-3-7-15-14-6-5-12(9-14)8-13-10-16-17(4-2)11-13/h10-12,14-15H,3-9H2,1-2H3. The van der Waals surface area contributed by atoms with Crippen LogP contribution in [0.2, 0.25) is 0 Å². The molecule has 1 heterocycles. The maximum atomic E-state index is 4.35. The number of hydrogen-bond donors (Lipinski definition) is 1. The minimum absolute atomic E-state index is 0.765. The molecule has 0 saturated heterocycles. The first-order chi connectivity index (χ1) is 8.31. The summed E-state index contributed by atoms with van der Waals surface area (Å²) in [5.74, 6) is 0.860. The van der Waals surface area contributed by atoms with Crippen molar-refractivity contribution in [3.63, 3.8) is 0 Å². The van der Waals surface area contributed by atoms with Crippen LogP contribution in [0, 0.1) is 5.92 Å². The maximum Gasteiger partial charge on any atom is 0.0521 e. The average Bonchev–Trinajstić information content (AvgIpc) is 2.96. The van der Waals surface area contributed by atoms with Gasteiger partial charge in [0.1, 0.15) is 0 Å². The Kier molecular flexibility index (Phi) is 4.60. The van der Waals surface area contributed by atoms with E-state index in [1.165, 1.54) is 44.2 Å². The second-order valence-electron chi connectivity index (χ2n) is 5.24. The Balaban J connectivity index is 1.77. The van der Waals surface area contributed by atoms with Gasteiger partial charge < -0.3 is 5.32 Å². The van der Waals surface area contributed by atoms with E-state index in [-0.39, 0.29) is 0 Å². The molecule has 0 radical (unpaired) electrons. The molecule has 17 heavy (non-hydrogen) atoms. The van der Waals surface area contributed by atoms with Crippen LogP contribution in [0.25, 0.3) is 0 Å². The first-order valence-electron chi connectivity index (χ1n) is 7.06. The first-order valence-corrected chi connectivity index (χ1v) is 7.06. The molecule has 1 fully saturated rings. The molecule has 1 aliphatic rings. The summed E-state index contributed by atoms with van der Waals surface area (Å²) in [5, 5.41) is 7.99. The average molecular weight is 235 g/mol. The predicted molar refractivity (Wildman–Crippen MR) is 71.0 cm³/mol. The molecule has 1 aromatic heterocycles. The Morgan fingerprint density at radius 3 is 3.00 bits per heavy atom. The van der Waals surface area contributed by atoms with Crippen molar-refractivity contribution in [2.75, 3.05) is 6.54 Å². The van der Waals surface area contributed by atoms with E-state index in [4.69, 9.17) is 0 Å². The van der Waals surface area contributed by atoms with E-state index in [9.17, 15) is 0 Å². The molecule has 96 valence electrons. The zero-order valence-electron chi connectivity index (χ0n) is 11.2. The highest BCUT2D eigenvalue weighted by atomic mass is 15.3. The van der Waals surface area contributed by atoms with Crippen molar-refractivity contribution in [1.82, 2.24) is 15.1 Å². The van der Waals surface area contributed by atoms with Crippen molar-refractivity contribution in [1.29, 1.82) is 0 Å². The van der Waals surface area contributed by atoms with Crippen molar-refractivity contribution in [3.05, 3.63) is 18.0 Å². The molecule has 1 aliphatic carbocycles. The number of nitrogens with zero attached hydrogens (tertiary/aromatic N) is 2. The molecule has 2 unspecified atom stereocenters. The van der Waals surface area contributed by atoms with Crippen molar-refractivity contribution in [2.45, 2.75) is 58.5 Å². The number of aryl methyl sites for hydroxylation is 1. The molecular weight excluding hydrogens is 210 g/mol. The summed E-state index contributed by atoms with van der Waals surface area (Å²) in [5.41, 5.74) is 1.41. The predicted octanol–water partition coefficient (Wildman–Crippen LogP) is 2.61. The minimum Gasteiger partial charge on any atom is -0.314 e. The smallest absolute Gasteiger partial charge is 0.0521 e. The normalized spacial score (nSPS) is 24.4. The highest BCUT2D eigenvalue weighted by molar-refractivity contribution is 5.06. The zero-order chi connectivity index (χ0) is 12.1. The van der Waals surface area contributed by atoms with Crippen LogP contribution in [0.3, 0.4) is 0 Å². The molecule has 0 aromatic carbocycles. The molecule has 1 aromatic rings. The molecule has 3 heteroatoms. The van der Waals surface area contributed by atoms with Crippen LogP contribution in [0.4, 0.5) is 0 Å². The largest absolute Gasteiger partial charge is 0.314 e. The first kappa shape index (κ1) is 12.6. The third kappa shape index (κ3) is 3.56. The fourth-order valence-corrected chi connectivity index (χ4v) is 2.81. The van der Waals surface area contributed by atoms with Gasteiger partial charge in [-0.15, -0.1) is 0 Å². The van der Waals surface area contributed by atoms with E-state index in [2.05, 4.69) is 30.5 Å². The molecule has 2 rings (SSSR count). The van der Waals surface area contributed by atoms with Crippen LogP contribution in [0.1, 0.15) is 45.1 Å². The number of nitrogens with one attached hydrogen (secondary N) is 1. The molecule has 1 saturated carbocycles. The van der Waals surface area contributed by atoms with Crippen LogP contribution in [0.5, 0.6) is 0 Å². The fourth-order valence-electron chi connectivity index (χ4n) is 2.81. The number of hydrogen-bond acceptors (Lipinski definition) is 2. The van der Waals surface area contributed by atoms with E-state index in [0.717, 1.165) is 18.5 Å². The second-order valence-corrected chi connectivity index (χ2v) is 5.24. The Bertz CT molecular complexity index is 332. The lowest BCUT2D eigenvalue weighted by Gasteiger charge is -2.12. The highest BCUT2D eigenvalue weighted by Crippen LogP contribution is 2.28. The van der Waals surface area contributed by atoms with E-state index >= 15 is 0 Å². The van der Waals surface area contributed by atoms with Crippen molar-refractivity contribution >= 4 is 0 Å². The summed E-state index contributed by atoms with van der Waals surface area (Å²) < 4.78 is 2.02. The third-order valence-corrected chi connectivity index (χ3v) is 3.76. The molecule has 3 nitrogen and oxygen atoms in total. The van der Waals surface area contributed by atoms with Crippen LogP contribution in [-0.4, -0.2) is 22.4 Å². The third-order valence-electron chi connectivity index (χ3n) is 3.76. The van der Waals surface area contributed by atoms with E-state index in [1.54, 1.807) is 0 Å². The quantitative estimate of drug-likeness (QED) is 0.821. The molecular formula is C14H25N3. The summed E-state index contributed by atoms with van der Waals surface area (Å²) in [6.07, 6.45) is 10.8. The van der Waals surface area contributed by atoms with Crippen LogP contribution in [-0.2, 0) is 13.0 Å². The lowest BCUT2D eigenvalue weighted by Crippen LogP contribution is -2.27. The van der Waals surface area contributed by atoms with Gasteiger partial charge in [-0.25, -0.2) is 0 Å². The van der Waals surface area contributed by atoms with Crippen molar-refractivity contribution < 1.29 is 0 Å². The number of aromatic nitrogens is 2. The minimum atomic E-state index is 0.765. The summed E-state index contributed by atoms with van der Waals surface area (Å²) in [4.78, 5) is 0. The van der Waals surface area contributed by atoms with Gasteiger partial charge in [-0.05, 0) is 57.1 Å². The van der Waals surface area contributed by atoms with E-state index < -0.39 is 0 Å². The molecule has 0 spiro atoms. The van der Waals surface area contributed by atoms with Gasteiger partial charge >= 0.3 is 0 Å². The Morgan fingerprint density at radius 1 is 1.41 bits per heavy atom. The second kappa shape index (κ2) is 6.20. The van der Waals surface area contributed by atoms with Gasteiger partial charge in [-0.1, -0.05) is 6.92 Å². The molecule has 0 bridgehead atoms. The van der Waals surface area contributed by atoms with Crippen molar-refractivity contribution in [3.8, 4) is 0 Å². The van der Waals surface area contributed by atoms with Crippen LogP contribution < -0.4 is 5.32 Å². The molecule has 0 amide bonds. The van der Waals surface area contributed by atoms with Gasteiger partial charge in [0.15, 0.2) is 0 Å². The highest BCUT2D eigenvalue weighted by Gasteiger charge is 2.24. The summed E-state index contributed by atoms with van der Waals surface area (Å²) in [7, 11) is 0. The SMILES string of the molecule is CCCNC1CCC(Cc2cnn(CC)c2)C1. The fraction of sp³-hybridized carbons (Fsp3) is 0.786.